The smallest absolute Gasteiger partial charge is 0.0617 e. The van der Waals surface area contributed by atoms with E-state index >= 15 is 0 Å². The monoisotopic (exact) mass is 195 g/mol. The molecule has 56 valence electrons. The van der Waals surface area contributed by atoms with Crippen LogP contribution in [0.25, 0.3) is 0 Å². The molecule has 2 N–H and O–H groups in total. The van der Waals surface area contributed by atoms with E-state index in [1.165, 1.54) is 0 Å². The van der Waals surface area contributed by atoms with Gasteiger partial charge in [0, 0.05) is 18.0 Å². The molecule has 0 amide bonds. The van der Waals surface area contributed by atoms with Crippen molar-refractivity contribution in [2.75, 3.05) is 18.5 Å². The number of alkyl halides is 1. The predicted molar refractivity (Wildman–Crippen MR) is 42.9 cm³/mol. The molecule has 0 aliphatic heterocycles. The van der Waals surface area contributed by atoms with Crippen LogP contribution in [0.2, 0.25) is 0 Å². The van der Waals surface area contributed by atoms with Crippen LogP contribution in [0.1, 0.15) is 13.3 Å². The largest absolute Gasteiger partial charge is 0.380 e. The first-order valence-electron chi connectivity index (χ1n) is 3.20. The fraction of sp³-hybridized carbons (Fsp3) is 1.00. The average molecular weight is 196 g/mol. The third-order valence-electron chi connectivity index (χ3n) is 1.02. The topological polar surface area (TPSA) is 35.2 Å². The number of rotatable bonds is 5. The van der Waals surface area contributed by atoms with Crippen molar-refractivity contribution in [2.45, 2.75) is 19.4 Å². The van der Waals surface area contributed by atoms with Crippen molar-refractivity contribution in [1.82, 2.24) is 0 Å². The zero-order valence-corrected chi connectivity index (χ0v) is 7.36. The van der Waals surface area contributed by atoms with Gasteiger partial charge in [0.2, 0.25) is 0 Å². The summed E-state index contributed by atoms with van der Waals surface area (Å²) in [6.07, 6.45) is 0.986. The Bertz CT molecular complexity index is 61.0. The van der Waals surface area contributed by atoms with Crippen LogP contribution in [0.3, 0.4) is 0 Å². The van der Waals surface area contributed by atoms with Crippen LogP contribution in [0.5, 0.6) is 0 Å². The maximum atomic E-state index is 5.62. The van der Waals surface area contributed by atoms with Gasteiger partial charge in [0.15, 0.2) is 0 Å². The van der Waals surface area contributed by atoms with Crippen molar-refractivity contribution in [3.8, 4) is 0 Å². The van der Waals surface area contributed by atoms with E-state index in [-0.39, 0.29) is 6.04 Å². The second-order valence-corrected chi connectivity index (χ2v) is 2.69. The molecule has 0 spiro atoms. The van der Waals surface area contributed by atoms with Gasteiger partial charge in [0.05, 0.1) is 6.61 Å². The highest BCUT2D eigenvalue weighted by Gasteiger charge is 1.98. The SMILES string of the molecule is CCOC[C@H](N)CCBr. The van der Waals surface area contributed by atoms with Gasteiger partial charge < -0.3 is 10.5 Å². The normalized spacial score (nSPS) is 13.7. The highest BCUT2D eigenvalue weighted by atomic mass is 79.9. The minimum absolute atomic E-state index is 0.198. The lowest BCUT2D eigenvalue weighted by Gasteiger charge is -2.07. The van der Waals surface area contributed by atoms with Gasteiger partial charge in [-0.15, -0.1) is 0 Å². The van der Waals surface area contributed by atoms with Crippen molar-refractivity contribution in [3.05, 3.63) is 0 Å². The third-order valence-corrected chi connectivity index (χ3v) is 1.47. The first-order chi connectivity index (χ1) is 4.31. The lowest BCUT2D eigenvalue weighted by atomic mass is 10.3. The molecule has 0 rings (SSSR count). The molecular formula is C6H14BrNO. The summed E-state index contributed by atoms with van der Waals surface area (Å²) in [5, 5.41) is 0.960. The maximum Gasteiger partial charge on any atom is 0.0617 e. The third kappa shape index (κ3) is 6.28. The van der Waals surface area contributed by atoms with E-state index in [2.05, 4.69) is 15.9 Å². The summed E-state index contributed by atoms with van der Waals surface area (Å²) in [5.41, 5.74) is 5.62. The van der Waals surface area contributed by atoms with Gasteiger partial charge >= 0.3 is 0 Å². The molecule has 1 atom stereocenters. The Hall–Kier alpha value is 0.400. The molecule has 0 radical (unpaired) electrons. The van der Waals surface area contributed by atoms with Crippen LogP contribution < -0.4 is 5.73 Å². The van der Waals surface area contributed by atoms with E-state index < -0.39 is 0 Å². The molecule has 0 fully saturated rings. The molecular weight excluding hydrogens is 182 g/mol. The molecule has 0 saturated carbocycles. The second kappa shape index (κ2) is 6.52. The van der Waals surface area contributed by atoms with Gasteiger partial charge in [-0.3, -0.25) is 0 Å². The number of hydrogen-bond donors (Lipinski definition) is 1. The molecule has 0 unspecified atom stereocenters. The first kappa shape index (κ1) is 9.40. The van der Waals surface area contributed by atoms with E-state index in [4.69, 9.17) is 10.5 Å². The molecule has 0 aromatic carbocycles. The Kier molecular flexibility index (Phi) is 6.81. The molecule has 0 aliphatic rings. The quantitative estimate of drug-likeness (QED) is 0.669. The second-order valence-electron chi connectivity index (χ2n) is 1.90. The Balaban J connectivity index is 2.95. The molecule has 0 bridgehead atoms. The lowest BCUT2D eigenvalue weighted by molar-refractivity contribution is 0.132. The standard InChI is InChI=1S/C6H14BrNO/c1-2-9-5-6(8)3-4-7/h6H,2-5,8H2,1H3/t6-/m1/s1. The molecule has 2 nitrogen and oxygen atoms in total. The summed E-state index contributed by atoms with van der Waals surface area (Å²) in [4.78, 5) is 0. The zero-order valence-electron chi connectivity index (χ0n) is 5.77. The van der Waals surface area contributed by atoms with Crippen molar-refractivity contribution in [1.29, 1.82) is 0 Å². The summed E-state index contributed by atoms with van der Waals surface area (Å²) in [7, 11) is 0. The Morgan fingerprint density at radius 2 is 2.33 bits per heavy atom. The summed E-state index contributed by atoms with van der Waals surface area (Å²) in [5.74, 6) is 0. The van der Waals surface area contributed by atoms with Crippen molar-refractivity contribution < 1.29 is 4.74 Å². The maximum absolute atomic E-state index is 5.62. The Morgan fingerprint density at radius 1 is 1.67 bits per heavy atom. The minimum Gasteiger partial charge on any atom is -0.380 e. The van der Waals surface area contributed by atoms with Crippen molar-refractivity contribution in [2.24, 2.45) is 5.73 Å². The number of nitrogens with two attached hydrogens (primary N) is 1. The van der Waals surface area contributed by atoms with Gasteiger partial charge in [-0.2, -0.15) is 0 Å². The van der Waals surface area contributed by atoms with Gasteiger partial charge in [-0.05, 0) is 13.3 Å². The molecule has 0 aromatic heterocycles. The molecule has 0 saturated heterocycles. The number of ether oxygens (including phenoxy) is 1. The van der Waals surface area contributed by atoms with Crippen LogP contribution in [0, 0.1) is 0 Å². The van der Waals surface area contributed by atoms with E-state index in [0.29, 0.717) is 6.61 Å². The Labute approximate surface area is 64.9 Å². The summed E-state index contributed by atoms with van der Waals surface area (Å²) in [6.45, 7) is 3.42. The fourth-order valence-electron chi connectivity index (χ4n) is 0.493. The zero-order chi connectivity index (χ0) is 7.11. The van der Waals surface area contributed by atoms with Gasteiger partial charge in [-0.1, -0.05) is 15.9 Å². The highest BCUT2D eigenvalue weighted by Crippen LogP contribution is 1.93. The molecule has 0 heterocycles. The summed E-state index contributed by atoms with van der Waals surface area (Å²) >= 11 is 3.31. The van der Waals surface area contributed by atoms with E-state index in [0.717, 1.165) is 18.4 Å². The minimum atomic E-state index is 0.198. The van der Waals surface area contributed by atoms with Crippen LogP contribution in [-0.4, -0.2) is 24.6 Å². The predicted octanol–water partition coefficient (Wildman–Crippen LogP) is 1.14. The van der Waals surface area contributed by atoms with Crippen LogP contribution in [-0.2, 0) is 4.74 Å². The first-order valence-corrected chi connectivity index (χ1v) is 4.32. The van der Waals surface area contributed by atoms with E-state index in [9.17, 15) is 0 Å². The number of hydrogen-bond acceptors (Lipinski definition) is 2. The lowest BCUT2D eigenvalue weighted by Crippen LogP contribution is -2.26. The van der Waals surface area contributed by atoms with Gasteiger partial charge in [0.1, 0.15) is 0 Å². The summed E-state index contributed by atoms with van der Waals surface area (Å²) < 4.78 is 5.10. The van der Waals surface area contributed by atoms with Crippen LogP contribution in [0.15, 0.2) is 0 Å². The van der Waals surface area contributed by atoms with Crippen LogP contribution in [0.4, 0.5) is 0 Å². The van der Waals surface area contributed by atoms with Crippen molar-refractivity contribution >= 4 is 15.9 Å². The highest BCUT2D eigenvalue weighted by molar-refractivity contribution is 9.09. The summed E-state index contributed by atoms with van der Waals surface area (Å²) in [6, 6.07) is 0.198. The fourth-order valence-corrected chi connectivity index (χ4v) is 1.08. The van der Waals surface area contributed by atoms with Crippen molar-refractivity contribution in [3.63, 3.8) is 0 Å². The van der Waals surface area contributed by atoms with Crippen LogP contribution >= 0.6 is 15.9 Å². The number of halogens is 1. The Morgan fingerprint density at radius 3 is 2.78 bits per heavy atom. The molecule has 0 aliphatic carbocycles. The molecule has 9 heavy (non-hydrogen) atoms. The average Bonchev–Trinajstić information content (AvgIpc) is 1.85. The molecule has 3 heteroatoms. The molecule has 0 aromatic rings. The van der Waals surface area contributed by atoms with Gasteiger partial charge in [-0.25, -0.2) is 0 Å². The van der Waals surface area contributed by atoms with E-state index in [1.54, 1.807) is 0 Å². The van der Waals surface area contributed by atoms with E-state index in [1.807, 2.05) is 6.92 Å². The van der Waals surface area contributed by atoms with Gasteiger partial charge in [0.25, 0.3) is 0 Å².